The SMILES string of the molecule is CCOc1cc(CNC2CCN(c3ncccn3)CC2)ccc1OCc1ccccc1. The topological polar surface area (TPSA) is 59.5 Å². The van der Waals surface area contributed by atoms with Crippen LogP contribution in [-0.4, -0.2) is 35.7 Å². The largest absolute Gasteiger partial charge is 0.490 e. The Morgan fingerprint density at radius 3 is 2.42 bits per heavy atom. The van der Waals surface area contributed by atoms with Crippen molar-refractivity contribution in [3.63, 3.8) is 0 Å². The zero-order valence-corrected chi connectivity index (χ0v) is 18.0. The van der Waals surface area contributed by atoms with E-state index in [2.05, 4.69) is 44.5 Å². The molecule has 0 aliphatic carbocycles. The fourth-order valence-electron chi connectivity index (χ4n) is 3.79. The number of piperidine rings is 1. The zero-order valence-electron chi connectivity index (χ0n) is 18.0. The lowest BCUT2D eigenvalue weighted by atomic mass is 10.0. The fourth-order valence-corrected chi connectivity index (χ4v) is 3.79. The number of aromatic nitrogens is 2. The normalized spacial score (nSPS) is 14.4. The summed E-state index contributed by atoms with van der Waals surface area (Å²) in [5, 5.41) is 3.69. The minimum atomic E-state index is 0.490. The van der Waals surface area contributed by atoms with Crippen LogP contribution in [0.1, 0.15) is 30.9 Å². The molecule has 1 N–H and O–H groups in total. The Morgan fingerprint density at radius 1 is 0.903 bits per heavy atom. The Kier molecular flexibility index (Phi) is 7.34. The quantitative estimate of drug-likeness (QED) is 0.562. The summed E-state index contributed by atoms with van der Waals surface area (Å²) in [5.74, 6) is 2.41. The van der Waals surface area contributed by atoms with Crippen LogP contribution in [0.15, 0.2) is 67.0 Å². The number of hydrogen-bond acceptors (Lipinski definition) is 6. The van der Waals surface area contributed by atoms with Crippen molar-refractivity contribution in [1.82, 2.24) is 15.3 Å². The third kappa shape index (κ3) is 5.95. The summed E-state index contributed by atoms with van der Waals surface area (Å²) in [6, 6.07) is 18.7. The summed E-state index contributed by atoms with van der Waals surface area (Å²) in [7, 11) is 0. The first-order chi connectivity index (χ1) is 15.3. The van der Waals surface area contributed by atoms with Gasteiger partial charge in [-0.25, -0.2) is 9.97 Å². The molecule has 0 saturated carbocycles. The van der Waals surface area contributed by atoms with E-state index in [1.54, 1.807) is 12.4 Å². The molecule has 1 saturated heterocycles. The third-order valence-electron chi connectivity index (χ3n) is 5.47. The van der Waals surface area contributed by atoms with Gasteiger partial charge in [-0.1, -0.05) is 36.4 Å². The van der Waals surface area contributed by atoms with Crippen molar-refractivity contribution in [3.8, 4) is 11.5 Å². The van der Waals surface area contributed by atoms with E-state index >= 15 is 0 Å². The van der Waals surface area contributed by atoms with Gasteiger partial charge >= 0.3 is 0 Å². The second kappa shape index (κ2) is 10.8. The lowest BCUT2D eigenvalue weighted by Crippen LogP contribution is -2.42. The molecule has 6 nitrogen and oxygen atoms in total. The summed E-state index contributed by atoms with van der Waals surface area (Å²) in [4.78, 5) is 11.0. The van der Waals surface area contributed by atoms with Gasteiger partial charge in [0.05, 0.1) is 6.61 Å². The molecule has 0 atom stereocenters. The first kappa shape index (κ1) is 21.1. The first-order valence-corrected chi connectivity index (χ1v) is 11.0. The number of nitrogens with zero attached hydrogens (tertiary/aromatic N) is 3. The van der Waals surface area contributed by atoms with Crippen molar-refractivity contribution in [2.45, 2.75) is 39.0 Å². The number of hydrogen-bond donors (Lipinski definition) is 1. The minimum Gasteiger partial charge on any atom is -0.490 e. The second-order valence-corrected chi connectivity index (χ2v) is 7.68. The average Bonchev–Trinajstić information content (AvgIpc) is 2.84. The van der Waals surface area contributed by atoms with Gasteiger partial charge in [-0.15, -0.1) is 0 Å². The van der Waals surface area contributed by atoms with Crippen molar-refractivity contribution in [3.05, 3.63) is 78.1 Å². The predicted molar refractivity (Wildman–Crippen MR) is 122 cm³/mol. The zero-order chi connectivity index (χ0) is 21.3. The van der Waals surface area contributed by atoms with Crippen molar-refractivity contribution in [1.29, 1.82) is 0 Å². The number of anilines is 1. The molecular formula is C25H30N4O2. The third-order valence-corrected chi connectivity index (χ3v) is 5.47. The average molecular weight is 419 g/mol. The Bertz CT molecular complexity index is 929. The van der Waals surface area contributed by atoms with E-state index in [-0.39, 0.29) is 0 Å². The van der Waals surface area contributed by atoms with E-state index in [0.717, 1.165) is 55.5 Å². The molecule has 31 heavy (non-hydrogen) atoms. The second-order valence-electron chi connectivity index (χ2n) is 7.68. The van der Waals surface area contributed by atoms with Crippen molar-refractivity contribution in [2.24, 2.45) is 0 Å². The van der Waals surface area contributed by atoms with Crippen LogP contribution < -0.4 is 19.7 Å². The highest BCUT2D eigenvalue weighted by molar-refractivity contribution is 5.43. The number of rotatable bonds is 9. The fraction of sp³-hybridized carbons (Fsp3) is 0.360. The molecule has 0 spiro atoms. The van der Waals surface area contributed by atoms with E-state index in [4.69, 9.17) is 9.47 Å². The van der Waals surface area contributed by atoms with Crippen molar-refractivity contribution in [2.75, 3.05) is 24.6 Å². The van der Waals surface area contributed by atoms with Gasteiger partial charge < -0.3 is 19.7 Å². The summed E-state index contributed by atoms with van der Waals surface area (Å²) in [6.45, 7) is 5.89. The van der Waals surface area contributed by atoms with Crippen molar-refractivity contribution >= 4 is 5.95 Å². The van der Waals surface area contributed by atoms with Crippen molar-refractivity contribution < 1.29 is 9.47 Å². The minimum absolute atomic E-state index is 0.490. The molecular weight excluding hydrogens is 388 g/mol. The van der Waals surface area contributed by atoms with Crippen LogP contribution in [0.5, 0.6) is 11.5 Å². The molecule has 0 bridgehead atoms. The molecule has 1 aromatic heterocycles. The number of benzene rings is 2. The molecule has 1 aliphatic rings. The standard InChI is InChI=1S/C25H30N4O2/c1-2-30-24-17-21(9-10-23(24)31-19-20-7-4-3-5-8-20)18-28-22-11-15-29(16-12-22)25-26-13-6-14-27-25/h3-10,13-14,17,22,28H,2,11-12,15-16,18-19H2,1H3. The molecule has 162 valence electrons. The highest BCUT2D eigenvalue weighted by atomic mass is 16.5. The van der Waals surface area contributed by atoms with Gasteiger partial charge in [-0.2, -0.15) is 0 Å². The lowest BCUT2D eigenvalue weighted by molar-refractivity contribution is 0.269. The molecule has 2 heterocycles. The van der Waals surface area contributed by atoms with Crippen LogP contribution in [0.4, 0.5) is 5.95 Å². The summed E-state index contributed by atoms with van der Waals surface area (Å²) < 4.78 is 11.9. The maximum atomic E-state index is 6.02. The maximum Gasteiger partial charge on any atom is 0.225 e. The van der Waals surface area contributed by atoms with Gasteiger partial charge in [-0.3, -0.25) is 0 Å². The summed E-state index contributed by atoms with van der Waals surface area (Å²) in [6.07, 6.45) is 5.76. The summed E-state index contributed by atoms with van der Waals surface area (Å²) >= 11 is 0. The van der Waals surface area contributed by atoms with E-state index < -0.39 is 0 Å². The van der Waals surface area contributed by atoms with Gasteiger partial charge in [-0.05, 0) is 49.1 Å². The van der Waals surface area contributed by atoms with Gasteiger partial charge in [0.25, 0.3) is 0 Å². The molecule has 0 radical (unpaired) electrons. The highest BCUT2D eigenvalue weighted by Gasteiger charge is 2.20. The van der Waals surface area contributed by atoms with Gasteiger partial charge in [0.2, 0.25) is 5.95 Å². The van der Waals surface area contributed by atoms with Gasteiger partial charge in [0.1, 0.15) is 6.61 Å². The molecule has 1 aliphatic heterocycles. The van der Waals surface area contributed by atoms with E-state index in [1.165, 1.54) is 5.56 Å². The number of ether oxygens (including phenoxy) is 2. The Labute approximate surface area is 184 Å². The Hall–Kier alpha value is -3.12. The van der Waals surface area contributed by atoms with Crippen LogP contribution in [0.25, 0.3) is 0 Å². The molecule has 0 amide bonds. The molecule has 3 aromatic rings. The Balaban J connectivity index is 1.30. The smallest absolute Gasteiger partial charge is 0.225 e. The van der Waals surface area contributed by atoms with Crippen LogP contribution in [0, 0.1) is 0 Å². The molecule has 6 heteroatoms. The van der Waals surface area contributed by atoms with Crippen LogP contribution in [0.2, 0.25) is 0 Å². The van der Waals surface area contributed by atoms with Crippen LogP contribution in [-0.2, 0) is 13.2 Å². The van der Waals surface area contributed by atoms with Gasteiger partial charge in [0, 0.05) is 38.1 Å². The maximum absolute atomic E-state index is 6.02. The first-order valence-electron chi connectivity index (χ1n) is 11.0. The molecule has 4 rings (SSSR count). The van der Waals surface area contributed by atoms with Crippen LogP contribution >= 0.6 is 0 Å². The molecule has 2 aromatic carbocycles. The summed E-state index contributed by atoms with van der Waals surface area (Å²) in [5.41, 5.74) is 2.34. The molecule has 1 fully saturated rings. The van der Waals surface area contributed by atoms with Crippen LogP contribution in [0.3, 0.4) is 0 Å². The highest BCUT2D eigenvalue weighted by Crippen LogP contribution is 2.29. The van der Waals surface area contributed by atoms with Gasteiger partial charge in [0.15, 0.2) is 11.5 Å². The monoisotopic (exact) mass is 418 g/mol. The number of nitrogens with one attached hydrogen (secondary N) is 1. The van der Waals surface area contributed by atoms with E-state index in [9.17, 15) is 0 Å². The van der Waals surface area contributed by atoms with E-state index in [0.29, 0.717) is 19.3 Å². The predicted octanol–water partition coefficient (Wildman–Crippen LogP) is 4.21. The lowest BCUT2D eigenvalue weighted by Gasteiger charge is -2.32. The Morgan fingerprint density at radius 2 is 1.68 bits per heavy atom. The van der Waals surface area contributed by atoms with E-state index in [1.807, 2.05) is 37.3 Å². The molecule has 0 unspecified atom stereocenters.